The van der Waals surface area contributed by atoms with Crippen LogP contribution in [0.3, 0.4) is 0 Å². The van der Waals surface area contributed by atoms with Gasteiger partial charge in [-0.1, -0.05) is 23.2 Å². The first kappa shape index (κ1) is 14.9. The first-order chi connectivity index (χ1) is 9.04. The molecule has 1 aromatic rings. The highest BCUT2D eigenvalue weighted by Gasteiger charge is 2.31. The highest BCUT2D eigenvalue weighted by atomic mass is 79.9. The van der Waals surface area contributed by atoms with E-state index < -0.39 is 0 Å². The zero-order chi connectivity index (χ0) is 14.0. The quantitative estimate of drug-likeness (QED) is 0.794. The van der Waals surface area contributed by atoms with E-state index in [0.29, 0.717) is 21.8 Å². The van der Waals surface area contributed by atoms with Gasteiger partial charge in [-0.3, -0.25) is 4.79 Å². The van der Waals surface area contributed by atoms with Gasteiger partial charge < -0.3 is 10.2 Å². The maximum absolute atomic E-state index is 12.1. The summed E-state index contributed by atoms with van der Waals surface area (Å²) in [6.45, 7) is 2.99. The van der Waals surface area contributed by atoms with Crippen LogP contribution >= 0.6 is 39.1 Å². The average molecular weight is 366 g/mol. The minimum Gasteiger partial charge on any atom is -0.375 e. The number of halogens is 3. The summed E-state index contributed by atoms with van der Waals surface area (Å²) in [7, 11) is 0. The van der Waals surface area contributed by atoms with Crippen molar-refractivity contribution in [3.05, 3.63) is 26.7 Å². The van der Waals surface area contributed by atoms with Crippen molar-refractivity contribution in [3.63, 3.8) is 0 Å². The molecular formula is C13H15BrCl2N2O. The van der Waals surface area contributed by atoms with E-state index in [0.717, 1.165) is 23.9 Å². The highest BCUT2D eigenvalue weighted by molar-refractivity contribution is 9.10. The third-order valence-electron chi connectivity index (χ3n) is 3.11. The van der Waals surface area contributed by atoms with Gasteiger partial charge in [-0.05, 0) is 47.8 Å². The highest BCUT2D eigenvalue weighted by Crippen LogP contribution is 2.35. The molecule has 3 nitrogen and oxygen atoms in total. The number of hydrogen-bond acceptors (Lipinski definition) is 2. The number of anilines is 1. The number of carbonyl (C=O) groups is 1. The lowest BCUT2D eigenvalue weighted by molar-refractivity contribution is -0.129. The molecule has 0 aromatic heterocycles. The number of amides is 1. The van der Waals surface area contributed by atoms with Crippen molar-refractivity contribution in [2.75, 3.05) is 18.4 Å². The normalized spacial score (nSPS) is 14.3. The fourth-order valence-electron chi connectivity index (χ4n) is 1.96. The molecule has 2 rings (SSSR count). The molecule has 1 aliphatic rings. The summed E-state index contributed by atoms with van der Waals surface area (Å²) in [4.78, 5) is 14.0. The van der Waals surface area contributed by atoms with Crippen molar-refractivity contribution < 1.29 is 4.79 Å². The van der Waals surface area contributed by atoms with E-state index in [9.17, 15) is 4.79 Å². The average Bonchev–Trinajstić information content (AvgIpc) is 3.20. The van der Waals surface area contributed by atoms with E-state index in [-0.39, 0.29) is 12.5 Å². The summed E-state index contributed by atoms with van der Waals surface area (Å²) >= 11 is 15.5. The van der Waals surface area contributed by atoms with Crippen molar-refractivity contribution in [3.8, 4) is 0 Å². The molecule has 0 saturated heterocycles. The number of carbonyl (C=O) groups excluding carboxylic acids is 1. The number of rotatable bonds is 5. The topological polar surface area (TPSA) is 32.3 Å². The van der Waals surface area contributed by atoms with E-state index >= 15 is 0 Å². The van der Waals surface area contributed by atoms with Crippen molar-refractivity contribution in [2.24, 2.45) is 0 Å². The van der Waals surface area contributed by atoms with Crippen LogP contribution in [0.2, 0.25) is 10.0 Å². The Hall–Kier alpha value is -0.450. The second-order valence-electron chi connectivity index (χ2n) is 4.49. The lowest BCUT2D eigenvalue weighted by Gasteiger charge is -2.21. The maximum Gasteiger partial charge on any atom is 0.242 e. The van der Waals surface area contributed by atoms with Gasteiger partial charge in [0, 0.05) is 17.1 Å². The minimum absolute atomic E-state index is 0.0973. The summed E-state index contributed by atoms with van der Waals surface area (Å²) in [6, 6.07) is 4.04. The SMILES string of the molecule is CCN(C(=O)CNc1ccc(Br)c(Cl)c1Cl)C1CC1. The van der Waals surface area contributed by atoms with Crippen LogP contribution in [-0.2, 0) is 4.79 Å². The molecule has 1 saturated carbocycles. The summed E-state index contributed by atoms with van der Waals surface area (Å²) in [6.07, 6.45) is 2.23. The van der Waals surface area contributed by atoms with E-state index in [4.69, 9.17) is 23.2 Å². The number of benzene rings is 1. The van der Waals surface area contributed by atoms with Crippen LogP contribution in [0.1, 0.15) is 19.8 Å². The molecule has 0 radical (unpaired) electrons. The lowest BCUT2D eigenvalue weighted by Crippen LogP contribution is -2.37. The second-order valence-corrected chi connectivity index (χ2v) is 6.10. The summed E-state index contributed by atoms with van der Waals surface area (Å²) in [5.41, 5.74) is 0.676. The smallest absolute Gasteiger partial charge is 0.242 e. The van der Waals surface area contributed by atoms with Gasteiger partial charge in [-0.2, -0.15) is 0 Å². The third kappa shape index (κ3) is 3.56. The molecular weight excluding hydrogens is 351 g/mol. The van der Waals surface area contributed by atoms with Gasteiger partial charge in [-0.25, -0.2) is 0 Å². The molecule has 1 aromatic carbocycles. The molecule has 0 aliphatic heterocycles. The van der Waals surface area contributed by atoms with Crippen LogP contribution in [0, 0.1) is 0 Å². The predicted molar refractivity (Wildman–Crippen MR) is 83.1 cm³/mol. The van der Waals surface area contributed by atoms with Crippen molar-refractivity contribution in [2.45, 2.75) is 25.8 Å². The zero-order valence-corrected chi connectivity index (χ0v) is 13.6. The predicted octanol–water partition coefficient (Wildman–Crippen LogP) is 4.18. The number of likely N-dealkylation sites (N-methyl/N-ethyl adjacent to an activating group) is 1. The van der Waals surface area contributed by atoms with Crippen LogP contribution in [0.15, 0.2) is 16.6 Å². The number of nitrogens with one attached hydrogen (secondary N) is 1. The molecule has 6 heteroatoms. The standard InChI is InChI=1S/C13H15BrCl2N2O/c1-2-18(8-3-4-8)11(19)7-17-10-6-5-9(14)12(15)13(10)16/h5-6,8,17H,2-4,7H2,1H3. The summed E-state index contributed by atoms with van der Waals surface area (Å²) in [5.74, 6) is 0.0973. The molecule has 104 valence electrons. The molecule has 1 fully saturated rings. The van der Waals surface area contributed by atoms with Crippen molar-refractivity contribution in [1.29, 1.82) is 0 Å². The Kier molecular flexibility index (Phi) is 4.98. The molecule has 0 bridgehead atoms. The van der Waals surface area contributed by atoms with Gasteiger partial charge in [0.25, 0.3) is 0 Å². The Bertz CT molecular complexity index is 492. The van der Waals surface area contributed by atoms with Crippen molar-refractivity contribution >= 4 is 50.7 Å². The number of hydrogen-bond donors (Lipinski definition) is 1. The Morgan fingerprint density at radius 1 is 1.42 bits per heavy atom. The Morgan fingerprint density at radius 2 is 2.11 bits per heavy atom. The van der Waals surface area contributed by atoms with E-state index in [2.05, 4.69) is 21.2 Å². The van der Waals surface area contributed by atoms with Crippen molar-refractivity contribution in [1.82, 2.24) is 4.90 Å². The van der Waals surface area contributed by atoms with Crippen LogP contribution in [-0.4, -0.2) is 29.9 Å². The lowest BCUT2D eigenvalue weighted by atomic mass is 10.3. The zero-order valence-electron chi connectivity index (χ0n) is 10.5. The van der Waals surface area contributed by atoms with Gasteiger partial charge >= 0.3 is 0 Å². The Balaban J connectivity index is 1.98. The first-order valence-electron chi connectivity index (χ1n) is 6.21. The fourth-order valence-corrected chi connectivity index (χ4v) is 2.80. The van der Waals surface area contributed by atoms with Crippen LogP contribution in [0.4, 0.5) is 5.69 Å². The van der Waals surface area contributed by atoms with Gasteiger partial charge in [0.05, 0.1) is 22.3 Å². The van der Waals surface area contributed by atoms with Crippen LogP contribution in [0.5, 0.6) is 0 Å². The maximum atomic E-state index is 12.1. The van der Waals surface area contributed by atoms with Gasteiger partial charge in [-0.15, -0.1) is 0 Å². The van der Waals surface area contributed by atoms with E-state index in [1.54, 1.807) is 12.1 Å². The van der Waals surface area contributed by atoms with Gasteiger partial charge in [0.2, 0.25) is 5.91 Å². The number of nitrogens with zero attached hydrogens (tertiary/aromatic N) is 1. The molecule has 0 spiro atoms. The molecule has 1 aliphatic carbocycles. The molecule has 0 unspecified atom stereocenters. The summed E-state index contributed by atoms with van der Waals surface area (Å²) in [5, 5.41) is 3.93. The molecule has 0 atom stereocenters. The van der Waals surface area contributed by atoms with E-state index in [1.165, 1.54) is 0 Å². The van der Waals surface area contributed by atoms with Gasteiger partial charge in [0.1, 0.15) is 0 Å². The molecule has 1 N–H and O–H groups in total. The monoisotopic (exact) mass is 364 g/mol. The largest absolute Gasteiger partial charge is 0.375 e. The third-order valence-corrected chi connectivity index (χ3v) is 4.88. The summed E-state index contributed by atoms with van der Waals surface area (Å²) < 4.78 is 0.740. The Labute approximate surface area is 131 Å². The second kappa shape index (κ2) is 6.33. The Morgan fingerprint density at radius 3 is 2.68 bits per heavy atom. The molecule has 1 amide bonds. The van der Waals surface area contributed by atoms with E-state index in [1.807, 2.05) is 11.8 Å². The van der Waals surface area contributed by atoms with Crippen LogP contribution < -0.4 is 5.32 Å². The molecule has 0 heterocycles. The van der Waals surface area contributed by atoms with Crippen LogP contribution in [0.25, 0.3) is 0 Å². The fraction of sp³-hybridized carbons (Fsp3) is 0.462. The molecule has 19 heavy (non-hydrogen) atoms. The first-order valence-corrected chi connectivity index (χ1v) is 7.76. The van der Waals surface area contributed by atoms with Gasteiger partial charge in [0.15, 0.2) is 0 Å². The minimum atomic E-state index is 0.0973.